The van der Waals surface area contributed by atoms with Gasteiger partial charge in [0.25, 0.3) is 0 Å². The Kier molecular flexibility index (Phi) is 7.52. The second kappa shape index (κ2) is 7.84. The first-order valence-corrected chi connectivity index (χ1v) is 7.05. The van der Waals surface area contributed by atoms with Gasteiger partial charge in [-0.15, -0.1) is 12.4 Å². The van der Waals surface area contributed by atoms with E-state index < -0.39 is 5.41 Å². The smallest absolute Gasteiger partial charge is 0.230 e. The number of nitrogens with one attached hydrogen (secondary N) is 1. The van der Waals surface area contributed by atoms with Crippen molar-refractivity contribution in [3.8, 4) is 0 Å². The minimum atomic E-state index is -0.406. The molecule has 0 radical (unpaired) electrons. The molecule has 118 valence electrons. The second-order valence-electron chi connectivity index (χ2n) is 6.05. The number of nitrogens with two attached hydrogens (primary N) is 1. The van der Waals surface area contributed by atoms with Crippen molar-refractivity contribution in [2.45, 2.75) is 45.6 Å². The van der Waals surface area contributed by atoms with Gasteiger partial charge >= 0.3 is 0 Å². The van der Waals surface area contributed by atoms with E-state index in [0.717, 1.165) is 25.7 Å². The van der Waals surface area contributed by atoms with E-state index in [2.05, 4.69) is 5.32 Å². The van der Waals surface area contributed by atoms with Crippen molar-refractivity contribution in [2.24, 2.45) is 17.1 Å². The molecule has 5 nitrogen and oxygen atoms in total. The summed E-state index contributed by atoms with van der Waals surface area (Å²) in [6, 6.07) is -0.177. The second-order valence-corrected chi connectivity index (χ2v) is 6.05. The van der Waals surface area contributed by atoms with E-state index in [1.54, 1.807) is 19.0 Å². The molecule has 3 N–H and O–H groups in total. The van der Waals surface area contributed by atoms with E-state index in [-0.39, 0.29) is 36.2 Å². The number of hydrogen-bond acceptors (Lipinski definition) is 3. The summed E-state index contributed by atoms with van der Waals surface area (Å²) in [5.74, 6) is -0.167. The Hall–Kier alpha value is -0.810. The SMILES string of the molecule is CC(N)C(C)C(=O)NCC1(C(=O)N(C)C)CCCC1.Cl. The number of halogens is 1. The maximum absolute atomic E-state index is 12.3. The van der Waals surface area contributed by atoms with Gasteiger partial charge in [-0.05, 0) is 19.8 Å². The molecule has 0 saturated heterocycles. The van der Waals surface area contributed by atoms with Crippen LogP contribution in [-0.2, 0) is 9.59 Å². The molecule has 1 rings (SSSR count). The minimum Gasteiger partial charge on any atom is -0.355 e. The average molecular weight is 306 g/mol. The number of rotatable bonds is 5. The Balaban J connectivity index is 0.00000361. The van der Waals surface area contributed by atoms with Gasteiger partial charge < -0.3 is 16.0 Å². The maximum Gasteiger partial charge on any atom is 0.230 e. The zero-order valence-corrected chi connectivity index (χ0v) is 13.8. The molecular weight excluding hydrogens is 278 g/mol. The largest absolute Gasteiger partial charge is 0.355 e. The van der Waals surface area contributed by atoms with Crippen molar-refractivity contribution in [1.29, 1.82) is 0 Å². The number of nitrogens with zero attached hydrogens (tertiary/aromatic N) is 1. The van der Waals surface area contributed by atoms with Crippen LogP contribution in [0.5, 0.6) is 0 Å². The molecule has 0 aromatic heterocycles. The highest BCUT2D eigenvalue weighted by Crippen LogP contribution is 2.38. The first-order chi connectivity index (χ1) is 8.80. The first-order valence-electron chi connectivity index (χ1n) is 7.05. The van der Waals surface area contributed by atoms with Gasteiger partial charge in [-0.2, -0.15) is 0 Å². The van der Waals surface area contributed by atoms with Gasteiger partial charge in [0.2, 0.25) is 11.8 Å². The Morgan fingerprint density at radius 2 is 1.75 bits per heavy atom. The normalized spacial score (nSPS) is 19.6. The van der Waals surface area contributed by atoms with Crippen molar-refractivity contribution in [1.82, 2.24) is 10.2 Å². The van der Waals surface area contributed by atoms with Crippen LogP contribution in [0.2, 0.25) is 0 Å². The van der Waals surface area contributed by atoms with Crippen LogP contribution in [-0.4, -0.2) is 43.4 Å². The highest BCUT2D eigenvalue weighted by molar-refractivity contribution is 5.85. The monoisotopic (exact) mass is 305 g/mol. The summed E-state index contributed by atoms with van der Waals surface area (Å²) >= 11 is 0. The Bertz CT molecular complexity index is 339. The summed E-state index contributed by atoms with van der Waals surface area (Å²) in [4.78, 5) is 25.9. The zero-order valence-electron chi connectivity index (χ0n) is 12.9. The van der Waals surface area contributed by atoms with Crippen LogP contribution >= 0.6 is 12.4 Å². The molecule has 1 aliphatic rings. The molecule has 1 saturated carbocycles. The number of amides is 2. The standard InChI is InChI=1S/C14H27N3O2.ClH/c1-10(11(2)15)12(18)16-9-14(7-5-6-8-14)13(19)17(3)4;/h10-11H,5-9,15H2,1-4H3,(H,16,18);1H. The van der Waals surface area contributed by atoms with Crippen LogP contribution in [0.3, 0.4) is 0 Å². The van der Waals surface area contributed by atoms with Crippen molar-refractivity contribution < 1.29 is 9.59 Å². The fraction of sp³-hybridized carbons (Fsp3) is 0.857. The van der Waals surface area contributed by atoms with Crippen LogP contribution in [0.15, 0.2) is 0 Å². The average Bonchev–Trinajstić information content (AvgIpc) is 2.83. The van der Waals surface area contributed by atoms with Crippen molar-refractivity contribution in [2.75, 3.05) is 20.6 Å². The molecule has 1 fully saturated rings. The third-order valence-corrected chi connectivity index (χ3v) is 4.22. The molecule has 0 aromatic carbocycles. The molecule has 2 atom stereocenters. The van der Waals surface area contributed by atoms with E-state index in [4.69, 9.17) is 5.73 Å². The topological polar surface area (TPSA) is 75.4 Å². The van der Waals surface area contributed by atoms with E-state index in [1.165, 1.54) is 0 Å². The lowest BCUT2D eigenvalue weighted by molar-refractivity contribution is -0.139. The molecule has 2 amide bonds. The fourth-order valence-electron chi connectivity index (χ4n) is 2.65. The quantitative estimate of drug-likeness (QED) is 0.800. The van der Waals surface area contributed by atoms with Crippen LogP contribution in [0.25, 0.3) is 0 Å². The van der Waals surface area contributed by atoms with Gasteiger partial charge in [-0.1, -0.05) is 19.8 Å². The lowest BCUT2D eigenvalue weighted by Gasteiger charge is -2.31. The van der Waals surface area contributed by atoms with Crippen molar-refractivity contribution >= 4 is 24.2 Å². The molecule has 0 aromatic rings. The molecular formula is C14H28ClN3O2. The molecule has 0 spiro atoms. The Labute approximate surface area is 128 Å². The highest BCUT2D eigenvalue weighted by atomic mass is 35.5. The van der Waals surface area contributed by atoms with Gasteiger partial charge in [0.15, 0.2) is 0 Å². The summed E-state index contributed by atoms with van der Waals surface area (Å²) < 4.78 is 0. The van der Waals surface area contributed by atoms with E-state index in [9.17, 15) is 9.59 Å². The summed E-state index contributed by atoms with van der Waals surface area (Å²) in [6.45, 7) is 4.07. The maximum atomic E-state index is 12.3. The lowest BCUT2D eigenvalue weighted by atomic mass is 9.84. The summed E-state index contributed by atoms with van der Waals surface area (Å²) in [5, 5.41) is 2.92. The van der Waals surface area contributed by atoms with Crippen molar-refractivity contribution in [3.63, 3.8) is 0 Å². The summed E-state index contributed by atoms with van der Waals surface area (Å²) in [7, 11) is 3.55. The molecule has 0 bridgehead atoms. The van der Waals surface area contributed by atoms with Gasteiger partial charge in [0.05, 0.1) is 5.41 Å². The predicted octanol–water partition coefficient (Wildman–Crippen LogP) is 1.16. The molecule has 1 aliphatic carbocycles. The lowest BCUT2D eigenvalue weighted by Crippen LogP contribution is -2.48. The van der Waals surface area contributed by atoms with Gasteiger partial charge in [-0.3, -0.25) is 9.59 Å². The highest BCUT2D eigenvalue weighted by Gasteiger charge is 2.42. The number of carbonyl (C=O) groups excluding carboxylic acids is 2. The Morgan fingerprint density at radius 3 is 2.15 bits per heavy atom. The third-order valence-electron chi connectivity index (χ3n) is 4.22. The third kappa shape index (κ3) is 4.35. The van der Waals surface area contributed by atoms with Gasteiger partial charge in [-0.25, -0.2) is 0 Å². The van der Waals surface area contributed by atoms with Crippen LogP contribution in [0, 0.1) is 11.3 Å². The van der Waals surface area contributed by atoms with Crippen LogP contribution in [0.4, 0.5) is 0 Å². The van der Waals surface area contributed by atoms with E-state index in [1.807, 2.05) is 13.8 Å². The predicted molar refractivity (Wildman–Crippen MR) is 82.7 cm³/mol. The first kappa shape index (κ1) is 19.2. The van der Waals surface area contributed by atoms with Gasteiger partial charge in [0.1, 0.15) is 0 Å². The molecule has 6 heteroatoms. The summed E-state index contributed by atoms with van der Waals surface area (Å²) in [6.07, 6.45) is 3.82. The molecule has 2 unspecified atom stereocenters. The Morgan fingerprint density at radius 1 is 1.25 bits per heavy atom. The number of hydrogen-bond donors (Lipinski definition) is 2. The van der Waals surface area contributed by atoms with Crippen LogP contribution < -0.4 is 11.1 Å². The molecule has 0 aliphatic heterocycles. The summed E-state index contributed by atoms with van der Waals surface area (Å²) in [5.41, 5.74) is 5.32. The number of carbonyl (C=O) groups is 2. The zero-order chi connectivity index (χ0) is 14.6. The molecule has 0 heterocycles. The van der Waals surface area contributed by atoms with Crippen LogP contribution in [0.1, 0.15) is 39.5 Å². The van der Waals surface area contributed by atoms with Crippen molar-refractivity contribution in [3.05, 3.63) is 0 Å². The minimum absolute atomic E-state index is 0. The fourth-order valence-corrected chi connectivity index (χ4v) is 2.65. The molecule has 20 heavy (non-hydrogen) atoms. The van der Waals surface area contributed by atoms with Gasteiger partial charge in [0, 0.05) is 32.6 Å². The van der Waals surface area contributed by atoms with E-state index in [0.29, 0.717) is 6.54 Å². The van der Waals surface area contributed by atoms with E-state index >= 15 is 0 Å².